The minimum Gasteiger partial charge on any atom is -0.467 e. The van der Waals surface area contributed by atoms with Gasteiger partial charge in [0.2, 0.25) is 0 Å². The number of amides is 1. The van der Waals surface area contributed by atoms with Crippen molar-refractivity contribution in [2.45, 2.75) is 32.5 Å². The monoisotopic (exact) mass is 322 g/mol. The van der Waals surface area contributed by atoms with E-state index in [1.54, 1.807) is 45.0 Å². The molecule has 0 radical (unpaired) electrons. The first-order valence-electron chi connectivity index (χ1n) is 7.08. The topological polar surface area (TPSA) is 86.2 Å². The van der Waals surface area contributed by atoms with E-state index >= 15 is 0 Å². The van der Waals surface area contributed by atoms with E-state index in [1.165, 1.54) is 13.3 Å². The Morgan fingerprint density at radius 1 is 1.26 bits per heavy atom. The zero-order valence-electron chi connectivity index (χ0n) is 13.7. The molecule has 0 bridgehead atoms. The number of rotatable bonds is 6. The van der Waals surface area contributed by atoms with E-state index in [1.807, 2.05) is 6.07 Å². The third-order valence-corrected chi connectivity index (χ3v) is 2.50. The average molecular weight is 322 g/mol. The lowest BCUT2D eigenvalue weighted by molar-refractivity contribution is -0.153. The van der Waals surface area contributed by atoms with E-state index in [-0.39, 0.29) is 6.61 Å². The van der Waals surface area contributed by atoms with Crippen LogP contribution >= 0.6 is 0 Å². The molecule has 7 heteroatoms. The van der Waals surface area contributed by atoms with Gasteiger partial charge < -0.3 is 14.2 Å². The molecule has 0 saturated carbocycles. The van der Waals surface area contributed by atoms with E-state index in [9.17, 15) is 9.59 Å². The van der Waals surface area contributed by atoms with Gasteiger partial charge in [-0.2, -0.15) is 5.10 Å². The van der Waals surface area contributed by atoms with Gasteiger partial charge in [0.25, 0.3) is 0 Å². The van der Waals surface area contributed by atoms with Gasteiger partial charge in [-0.1, -0.05) is 30.3 Å². The van der Waals surface area contributed by atoms with E-state index in [4.69, 9.17) is 14.2 Å². The highest BCUT2D eigenvalue weighted by molar-refractivity contribution is 5.76. The predicted molar refractivity (Wildman–Crippen MR) is 85.0 cm³/mol. The maximum absolute atomic E-state index is 11.8. The molecule has 1 unspecified atom stereocenters. The van der Waals surface area contributed by atoms with Crippen LogP contribution in [0.1, 0.15) is 32.4 Å². The minimum atomic E-state index is -0.853. The number of carbonyl (C=O) groups is 2. The number of hydrogen-bond donors (Lipinski definition) is 1. The van der Waals surface area contributed by atoms with Gasteiger partial charge in [0.05, 0.1) is 19.9 Å². The smallest absolute Gasteiger partial charge is 0.428 e. The third kappa shape index (κ3) is 7.42. The minimum absolute atomic E-state index is 0.0183. The number of ether oxygens (including phenoxy) is 3. The first kappa shape index (κ1) is 18.6. The molecule has 0 aromatic heterocycles. The second-order valence-corrected chi connectivity index (χ2v) is 5.57. The Kier molecular flexibility index (Phi) is 7.21. The second kappa shape index (κ2) is 8.89. The van der Waals surface area contributed by atoms with E-state index in [2.05, 4.69) is 10.5 Å². The molecule has 0 fully saturated rings. The van der Waals surface area contributed by atoms with E-state index < -0.39 is 23.8 Å². The molecule has 1 aromatic carbocycles. The van der Waals surface area contributed by atoms with Crippen LogP contribution in [0.3, 0.4) is 0 Å². The molecule has 0 aliphatic rings. The Labute approximate surface area is 135 Å². The number of nitrogens with one attached hydrogen (secondary N) is 1. The second-order valence-electron chi connectivity index (χ2n) is 5.57. The van der Waals surface area contributed by atoms with Gasteiger partial charge in [0, 0.05) is 0 Å². The molecule has 0 saturated heterocycles. The summed E-state index contributed by atoms with van der Waals surface area (Å²) in [6.07, 6.45) is -0.196. The zero-order valence-corrected chi connectivity index (χ0v) is 13.7. The summed E-state index contributed by atoms with van der Waals surface area (Å²) < 4.78 is 15.2. The molecular formula is C16H22N2O5. The van der Waals surface area contributed by atoms with Crippen molar-refractivity contribution in [3.05, 3.63) is 35.9 Å². The summed E-state index contributed by atoms with van der Waals surface area (Å²) in [7, 11) is 1.29. The van der Waals surface area contributed by atoms with Crippen molar-refractivity contribution in [1.82, 2.24) is 5.43 Å². The number of carbonyl (C=O) groups excluding carboxylic acids is 2. The lowest BCUT2D eigenvalue weighted by Crippen LogP contribution is -2.30. The summed E-state index contributed by atoms with van der Waals surface area (Å²) in [4.78, 5) is 23.1. The van der Waals surface area contributed by atoms with Gasteiger partial charge >= 0.3 is 12.1 Å². The highest BCUT2D eigenvalue weighted by Gasteiger charge is 2.21. The van der Waals surface area contributed by atoms with Crippen molar-refractivity contribution in [3.8, 4) is 0 Å². The zero-order chi connectivity index (χ0) is 17.3. The molecule has 1 N–H and O–H groups in total. The van der Waals surface area contributed by atoms with Crippen LogP contribution in [0.25, 0.3) is 0 Å². The number of hydrazone groups is 1. The third-order valence-electron chi connectivity index (χ3n) is 2.50. The van der Waals surface area contributed by atoms with Crippen molar-refractivity contribution < 1.29 is 23.8 Å². The summed E-state index contributed by atoms with van der Waals surface area (Å²) in [5.74, 6) is -0.510. The number of benzene rings is 1. The molecule has 1 rings (SSSR count). The maximum atomic E-state index is 11.8. The van der Waals surface area contributed by atoms with Crippen LogP contribution in [-0.4, -0.2) is 37.6 Å². The quantitative estimate of drug-likeness (QED) is 0.494. The summed E-state index contributed by atoms with van der Waals surface area (Å²) in [5, 5.41) is 3.68. The lowest BCUT2D eigenvalue weighted by atomic mass is 10.1. The number of nitrogens with zero attached hydrogens (tertiary/aromatic N) is 1. The van der Waals surface area contributed by atoms with Crippen LogP contribution in [0.2, 0.25) is 0 Å². The average Bonchev–Trinajstić information content (AvgIpc) is 2.49. The summed E-state index contributed by atoms with van der Waals surface area (Å²) in [6.45, 7) is 5.27. The molecule has 1 amide bonds. The first-order valence-corrected chi connectivity index (χ1v) is 7.08. The highest BCUT2D eigenvalue weighted by atomic mass is 16.6. The lowest BCUT2D eigenvalue weighted by Gasteiger charge is -2.18. The highest BCUT2D eigenvalue weighted by Crippen LogP contribution is 2.18. The molecule has 0 heterocycles. The fraction of sp³-hybridized carbons (Fsp3) is 0.438. The van der Waals surface area contributed by atoms with E-state index in [0.29, 0.717) is 5.56 Å². The Balaban J connectivity index is 2.49. The van der Waals surface area contributed by atoms with Gasteiger partial charge in [-0.25, -0.2) is 15.0 Å². The fourth-order valence-electron chi connectivity index (χ4n) is 1.61. The molecule has 0 aliphatic carbocycles. The van der Waals surface area contributed by atoms with Crippen LogP contribution in [0.5, 0.6) is 0 Å². The van der Waals surface area contributed by atoms with Gasteiger partial charge in [0.15, 0.2) is 6.10 Å². The maximum Gasteiger partial charge on any atom is 0.428 e. The molecular weight excluding hydrogens is 300 g/mol. The Morgan fingerprint density at radius 3 is 2.48 bits per heavy atom. The molecule has 0 spiro atoms. The summed E-state index contributed by atoms with van der Waals surface area (Å²) in [6, 6.07) is 8.96. The predicted octanol–water partition coefficient (Wildman–Crippen LogP) is 2.43. The molecule has 0 aliphatic heterocycles. The van der Waals surface area contributed by atoms with Crippen molar-refractivity contribution in [1.29, 1.82) is 0 Å². The number of esters is 1. The van der Waals surface area contributed by atoms with Crippen molar-refractivity contribution in [3.63, 3.8) is 0 Å². The molecule has 1 atom stereocenters. The number of methoxy groups -OCH3 is 1. The van der Waals surface area contributed by atoms with Gasteiger partial charge in [-0.15, -0.1) is 0 Å². The normalized spacial score (nSPS) is 12.7. The number of hydrogen-bond acceptors (Lipinski definition) is 6. The fourth-order valence-corrected chi connectivity index (χ4v) is 1.61. The SMILES string of the molecule is COC(=O)C(OCC=NNC(=O)OC(C)(C)C)c1ccccc1. The summed E-state index contributed by atoms with van der Waals surface area (Å²) in [5.41, 5.74) is 2.28. The van der Waals surface area contributed by atoms with Crippen molar-refractivity contribution in [2.75, 3.05) is 13.7 Å². The molecule has 7 nitrogen and oxygen atoms in total. The van der Waals surface area contributed by atoms with Crippen LogP contribution in [0.4, 0.5) is 4.79 Å². The van der Waals surface area contributed by atoms with Crippen LogP contribution in [-0.2, 0) is 19.0 Å². The Bertz CT molecular complexity index is 537. The summed E-state index contributed by atoms with van der Waals surface area (Å²) >= 11 is 0. The van der Waals surface area contributed by atoms with Crippen molar-refractivity contribution in [2.24, 2.45) is 5.10 Å². The van der Waals surface area contributed by atoms with Crippen LogP contribution in [0.15, 0.2) is 35.4 Å². The molecule has 126 valence electrons. The molecule has 23 heavy (non-hydrogen) atoms. The Hall–Kier alpha value is -2.41. The molecule has 1 aromatic rings. The standard InChI is InChI=1S/C16H22N2O5/c1-16(2,3)23-15(20)18-17-10-11-22-13(14(19)21-4)12-8-6-5-7-9-12/h5-10,13H,11H2,1-4H3,(H,18,20). The largest absolute Gasteiger partial charge is 0.467 e. The first-order chi connectivity index (χ1) is 10.8. The van der Waals surface area contributed by atoms with Crippen LogP contribution in [0, 0.1) is 0 Å². The van der Waals surface area contributed by atoms with Crippen molar-refractivity contribution >= 4 is 18.3 Å². The Morgan fingerprint density at radius 2 is 1.91 bits per heavy atom. The van der Waals surface area contributed by atoms with Gasteiger partial charge in [-0.05, 0) is 26.3 Å². The van der Waals surface area contributed by atoms with Crippen LogP contribution < -0.4 is 5.43 Å². The van der Waals surface area contributed by atoms with Gasteiger partial charge in [0.1, 0.15) is 5.60 Å². The van der Waals surface area contributed by atoms with Gasteiger partial charge in [-0.3, -0.25) is 0 Å². The van der Waals surface area contributed by atoms with E-state index in [0.717, 1.165) is 0 Å².